The largest absolute Gasteiger partial charge is 0.454 e. The number of amides is 1. The van der Waals surface area contributed by atoms with E-state index in [4.69, 9.17) is 9.47 Å². The van der Waals surface area contributed by atoms with E-state index in [9.17, 15) is 9.59 Å². The molecule has 0 aliphatic carbocycles. The maximum Gasteiger partial charge on any atom is 0.272 e. The predicted octanol–water partition coefficient (Wildman–Crippen LogP) is 2.68. The lowest BCUT2D eigenvalue weighted by Gasteiger charge is -2.10. The first-order chi connectivity index (χ1) is 13.6. The van der Waals surface area contributed by atoms with Crippen molar-refractivity contribution < 1.29 is 14.3 Å². The summed E-state index contributed by atoms with van der Waals surface area (Å²) >= 11 is 1.29. The fourth-order valence-corrected chi connectivity index (χ4v) is 4.20. The van der Waals surface area contributed by atoms with Crippen molar-refractivity contribution in [2.45, 2.75) is 13.5 Å². The van der Waals surface area contributed by atoms with E-state index in [1.165, 1.54) is 15.9 Å². The van der Waals surface area contributed by atoms with Gasteiger partial charge in [-0.05, 0) is 31.2 Å². The van der Waals surface area contributed by atoms with Crippen LogP contribution in [0.15, 0.2) is 41.3 Å². The zero-order chi connectivity index (χ0) is 19.3. The van der Waals surface area contributed by atoms with Crippen molar-refractivity contribution in [2.24, 2.45) is 0 Å². The molecule has 0 bridgehead atoms. The number of hydrogen-bond donors (Lipinski definition) is 1. The molecule has 1 aliphatic heterocycles. The first-order valence-corrected chi connectivity index (χ1v) is 9.36. The van der Waals surface area contributed by atoms with Crippen molar-refractivity contribution >= 4 is 43.4 Å². The highest BCUT2D eigenvalue weighted by Gasteiger charge is 2.17. The van der Waals surface area contributed by atoms with Gasteiger partial charge in [0.25, 0.3) is 5.56 Å². The molecule has 140 valence electrons. The SMILES string of the molecule is Cc1nc2c(sc3ncccc32)c(=O)n1CC(=O)Nc1ccc2c(c1)OCO2. The van der Waals surface area contributed by atoms with Crippen molar-refractivity contribution in [3.8, 4) is 11.5 Å². The van der Waals surface area contributed by atoms with E-state index in [0.717, 1.165) is 10.2 Å². The van der Waals surface area contributed by atoms with Gasteiger partial charge in [0.15, 0.2) is 11.5 Å². The molecule has 4 aromatic rings. The van der Waals surface area contributed by atoms with Crippen LogP contribution in [0.1, 0.15) is 5.82 Å². The van der Waals surface area contributed by atoms with Gasteiger partial charge in [0.05, 0.1) is 5.52 Å². The van der Waals surface area contributed by atoms with Gasteiger partial charge in [0.2, 0.25) is 12.7 Å². The Morgan fingerprint density at radius 2 is 2.14 bits per heavy atom. The molecule has 1 aromatic carbocycles. The summed E-state index contributed by atoms with van der Waals surface area (Å²) in [5.41, 5.74) is 0.953. The number of thiophene rings is 1. The quantitative estimate of drug-likeness (QED) is 0.574. The molecule has 1 N–H and O–H groups in total. The number of carbonyl (C=O) groups excluding carboxylic acids is 1. The number of aryl methyl sites for hydroxylation is 1. The molecule has 0 atom stereocenters. The minimum absolute atomic E-state index is 0.135. The number of nitrogens with zero attached hydrogens (tertiary/aromatic N) is 3. The van der Waals surface area contributed by atoms with E-state index in [0.29, 0.717) is 33.2 Å². The van der Waals surface area contributed by atoms with Crippen molar-refractivity contribution in [3.05, 3.63) is 52.7 Å². The van der Waals surface area contributed by atoms with Gasteiger partial charge < -0.3 is 14.8 Å². The second-order valence-corrected chi connectivity index (χ2v) is 7.30. The minimum Gasteiger partial charge on any atom is -0.454 e. The molecule has 0 saturated heterocycles. The van der Waals surface area contributed by atoms with Crippen LogP contribution in [0.3, 0.4) is 0 Å². The smallest absolute Gasteiger partial charge is 0.272 e. The van der Waals surface area contributed by atoms with E-state index in [1.54, 1.807) is 31.3 Å². The summed E-state index contributed by atoms with van der Waals surface area (Å²) in [6, 6.07) is 8.85. The van der Waals surface area contributed by atoms with Crippen LogP contribution in [-0.4, -0.2) is 27.2 Å². The third-order valence-electron chi connectivity index (χ3n) is 4.50. The second-order valence-electron chi connectivity index (χ2n) is 6.30. The number of benzene rings is 1. The van der Waals surface area contributed by atoms with E-state index < -0.39 is 0 Å². The Bertz CT molecular complexity index is 1310. The average molecular weight is 394 g/mol. The van der Waals surface area contributed by atoms with Gasteiger partial charge in [-0.25, -0.2) is 9.97 Å². The highest BCUT2D eigenvalue weighted by atomic mass is 32.1. The Morgan fingerprint density at radius 1 is 1.29 bits per heavy atom. The number of nitrogens with one attached hydrogen (secondary N) is 1. The molecule has 0 radical (unpaired) electrons. The highest BCUT2D eigenvalue weighted by Crippen LogP contribution is 2.34. The van der Waals surface area contributed by atoms with Crippen LogP contribution < -0.4 is 20.3 Å². The number of rotatable bonds is 3. The Kier molecular flexibility index (Phi) is 3.76. The number of anilines is 1. The van der Waals surface area contributed by atoms with Gasteiger partial charge in [-0.1, -0.05) is 0 Å². The fourth-order valence-electron chi connectivity index (χ4n) is 3.17. The van der Waals surface area contributed by atoms with Crippen LogP contribution in [0.2, 0.25) is 0 Å². The van der Waals surface area contributed by atoms with Crippen LogP contribution in [0, 0.1) is 6.92 Å². The summed E-state index contributed by atoms with van der Waals surface area (Å²) in [5, 5.41) is 3.63. The molecule has 0 saturated carbocycles. The lowest BCUT2D eigenvalue weighted by atomic mass is 10.2. The van der Waals surface area contributed by atoms with Gasteiger partial charge >= 0.3 is 0 Å². The third-order valence-corrected chi connectivity index (χ3v) is 5.59. The van der Waals surface area contributed by atoms with Crippen molar-refractivity contribution in [3.63, 3.8) is 0 Å². The second kappa shape index (κ2) is 6.31. The molecule has 0 spiro atoms. The molecule has 5 rings (SSSR count). The Labute approximate surface area is 162 Å². The van der Waals surface area contributed by atoms with Crippen molar-refractivity contribution in [1.82, 2.24) is 14.5 Å². The number of fused-ring (bicyclic) bond motifs is 4. The van der Waals surface area contributed by atoms with Gasteiger partial charge in [0.1, 0.15) is 21.9 Å². The summed E-state index contributed by atoms with van der Waals surface area (Å²) in [4.78, 5) is 35.1. The Hall–Kier alpha value is -3.46. The predicted molar refractivity (Wildman–Crippen MR) is 105 cm³/mol. The van der Waals surface area contributed by atoms with Crippen LogP contribution in [0.5, 0.6) is 11.5 Å². The molecule has 1 aliphatic rings. The van der Waals surface area contributed by atoms with Crippen LogP contribution in [0.4, 0.5) is 5.69 Å². The molecule has 1 amide bonds. The first-order valence-electron chi connectivity index (χ1n) is 8.54. The highest BCUT2D eigenvalue weighted by molar-refractivity contribution is 7.25. The number of aromatic nitrogens is 3. The molecule has 9 heteroatoms. The molecule has 4 heterocycles. The summed E-state index contributed by atoms with van der Waals surface area (Å²) < 4.78 is 12.4. The van der Waals surface area contributed by atoms with E-state index >= 15 is 0 Å². The zero-order valence-electron chi connectivity index (χ0n) is 14.8. The maximum atomic E-state index is 12.9. The van der Waals surface area contributed by atoms with Crippen LogP contribution in [0.25, 0.3) is 20.4 Å². The summed E-state index contributed by atoms with van der Waals surface area (Å²) in [6.45, 7) is 1.75. The fraction of sp³-hybridized carbons (Fsp3) is 0.158. The lowest BCUT2D eigenvalue weighted by molar-refractivity contribution is -0.116. The van der Waals surface area contributed by atoms with Gasteiger partial charge in [0, 0.05) is 23.3 Å². The standard InChI is InChI=1S/C19H14N4O4S/c1-10-21-16-12-3-2-6-20-18(12)28-17(16)19(25)23(10)8-15(24)22-11-4-5-13-14(7-11)27-9-26-13/h2-7H,8-9H2,1H3,(H,22,24). The van der Waals surface area contributed by atoms with Crippen molar-refractivity contribution in [1.29, 1.82) is 0 Å². The maximum absolute atomic E-state index is 12.9. The number of carbonyl (C=O) groups is 1. The van der Waals surface area contributed by atoms with Crippen LogP contribution in [-0.2, 0) is 11.3 Å². The monoisotopic (exact) mass is 394 g/mol. The molecule has 8 nitrogen and oxygen atoms in total. The summed E-state index contributed by atoms with van der Waals surface area (Å²) in [7, 11) is 0. The molecular weight excluding hydrogens is 380 g/mol. The first kappa shape index (κ1) is 16.7. The van der Waals surface area contributed by atoms with Gasteiger partial charge in [-0.2, -0.15) is 0 Å². The number of hydrogen-bond acceptors (Lipinski definition) is 7. The van der Waals surface area contributed by atoms with Crippen LogP contribution >= 0.6 is 11.3 Å². The average Bonchev–Trinajstić information content (AvgIpc) is 3.29. The minimum atomic E-state index is -0.329. The molecule has 28 heavy (non-hydrogen) atoms. The molecule has 3 aromatic heterocycles. The topological polar surface area (TPSA) is 95.3 Å². The zero-order valence-corrected chi connectivity index (χ0v) is 15.6. The molecular formula is C19H14N4O4S. The number of pyridine rings is 1. The van der Waals surface area contributed by atoms with E-state index in [-0.39, 0.29) is 24.8 Å². The molecule has 0 fully saturated rings. The third kappa shape index (κ3) is 2.67. The van der Waals surface area contributed by atoms with E-state index in [1.807, 2.05) is 12.1 Å². The van der Waals surface area contributed by atoms with E-state index in [2.05, 4.69) is 15.3 Å². The summed E-state index contributed by atoms with van der Waals surface area (Å²) in [6.07, 6.45) is 1.68. The Balaban J connectivity index is 1.46. The van der Waals surface area contributed by atoms with Crippen molar-refractivity contribution in [2.75, 3.05) is 12.1 Å². The Morgan fingerprint density at radius 3 is 3.04 bits per heavy atom. The number of ether oxygens (including phenoxy) is 2. The normalized spacial score (nSPS) is 12.6. The van der Waals surface area contributed by atoms with Gasteiger partial charge in [-0.15, -0.1) is 11.3 Å². The lowest BCUT2D eigenvalue weighted by Crippen LogP contribution is -2.29. The van der Waals surface area contributed by atoms with Gasteiger partial charge in [-0.3, -0.25) is 14.2 Å². The molecule has 0 unspecified atom stereocenters. The summed E-state index contributed by atoms with van der Waals surface area (Å²) in [5.74, 6) is 1.36.